The summed E-state index contributed by atoms with van der Waals surface area (Å²) in [5.74, 6) is 0. The van der Waals surface area contributed by atoms with Crippen molar-refractivity contribution >= 4 is 25.3 Å². The summed E-state index contributed by atoms with van der Waals surface area (Å²) in [6.45, 7) is 2.86. The molecule has 71 valence electrons. The Morgan fingerprint density at radius 2 is 0.769 bits per heavy atom. The molecule has 0 aromatic rings. The van der Waals surface area contributed by atoms with E-state index in [-0.39, 0.29) is 16.8 Å². The Bertz CT molecular complexity index is 157. The first-order valence-corrected chi connectivity index (χ1v) is 3.12. The Kier molecular flexibility index (Phi) is 289. The number of nitrogens with zero attached hydrogens (tertiary/aromatic N) is 4. The van der Waals surface area contributed by atoms with Crippen LogP contribution in [-0.2, 0) is 42.0 Å². The van der Waals surface area contributed by atoms with Crippen LogP contribution in [0.25, 0.3) is 0 Å². The molecular formula is C6H6CoN4S2. The van der Waals surface area contributed by atoms with Gasteiger partial charge in [-0.2, -0.15) is 10.5 Å². The van der Waals surface area contributed by atoms with Crippen molar-refractivity contribution in [1.29, 1.82) is 21.0 Å². The molecule has 0 N–H and O–H groups in total. The van der Waals surface area contributed by atoms with Crippen LogP contribution in [0.15, 0.2) is 0 Å². The van der Waals surface area contributed by atoms with Gasteiger partial charge in [-0.05, 0) is 0 Å². The van der Waals surface area contributed by atoms with E-state index in [0.29, 0.717) is 0 Å². The zero-order chi connectivity index (χ0) is 10.8. The average molecular weight is 257 g/mol. The summed E-state index contributed by atoms with van der Waals surface area (Å²) in [6.07, 6.45) is 0. The van der Waals surface area contributed by atoms with Gasteiger partial charge in [0.15, 0.2) is 0 Å². The maximum Gasteiger partial charge on any atom is 2.00 e. The molecule has 1 radical (unpaired) electrons. The Balaban J connectivity index is -0.0000000213. The van der Waals surface area contributed by atoms with Gasteiger partial charge >= 0.3 is 16.8 Å². The molecule has 0 rings (SSSR count). The molecule has 0 saturated heterocycles. The van der Waals surface area contributed by atoms with Crippen molar-refractivity contribution in [2.45, 2.75) is 13.8 Å². The molecule has 0 aliphatic heterocycles. The molecule has 0 amide bonds. The first-order valence-electron chi connectivity index (χ1n) is 2.30. The Morgan fingerprint density at radius 1 is 0.769 bits per heavy atom. The van der Waals surface area contributed by atoms with Crippen LogP contribution in [-0.4, -0.2) is 0 Å². The van der Waals surface area contributed by atoms with Crippen LogP contribution in [0.1, 0.15) is 13.8 Å². The second-order valence-corrected chi connectivity index (χ2v) is 0.995. The van der Waals surface area contributed by atoms with Gasteiger partial charge in [0.05, 0.1) is 12.1 Å². The average Bonchev–Trinajstić information content (AvgIpc) is 1.92. The van der Waals surface area contributed by atoms with Crippen molar-refractivity contribution in [3.05, 3.63) is 0 Å². The molecule has 0 bridgehead atoms. The third-order valence-corrected chi connectivity index (χ3v) is 0. The van der Waals surface area contributed by atoms with Crippen molar-refractivity contribution in [2.24, 2.45) is 0 Å². The fraction of sp³-hybridized carbons (Fsp3) is 0.333. The molecule has 0 aliphatic carbocycles. The van der Waals surface area contributed by atoms with Gasteiger partial charge in [-0.25, -0.2) is 10.5 Å². The smallest absolute Gasteiger partial charge is 0.696 e. The molecule has 13 heavy (non-hydrogen) atoms. The summed E-state index contributed by atoms with van der Waals surface area (Å²) in [4.78, 5) is 0. The molecule has 0 spiro atoms. The van der Waals surface area contributed by atoms with Gasteiger partial charge in [0.2, 0.25) is 0 Å². The molecule has 7 heteroatoms. The van der Waals surface area contributed by atoms with Crippen LogP contribution in [0.4, 0.5) is 0 Å². The van der Waals surface area contributed by atoms with Crippen molar-refractivity contribution in [3.8, 4) is 22.9 Å². The third kappa shape index (κ3) is 724. The molecule has 0 atom stereocenters. The molecule has 0 aliphatic rings. The van der Waals surface area contributed by atoms with E-state index in [1.165, 1.54) is 24.6 Å². The van der Waals surface area contributed by atoms with Gasteiger partial charge in [0.25, 0.3) is 0 Å². The summed E-state index contributed by atoms with van der Waals surface area (Å²) in [6, 6.07) is 3.50. The van der Waals surface area contributed by atoms with Crippen LogP contribution >= 0.6 is 0 Å². The topological polar surface area (TPSA) is 95.2 Å². The van der Waals surface area contributed by atoms with E-state index in [1.54, 1.807) is 12.1 Å². The Hall–Kier alpha value is -1.09. The summed E-state index contributed by atoms with van der Waals surface area (Å²) >= 11 is 7.40. The summed E-state index contributed by atoms with van der Waals surface area (Å²) in [5.41, 5.74) is 0. The molecule has 0 unspecified atom stereocenters. The molecule has 0 saturated carbocycles. The molecule has 0 heterocycles. The van der Waals surface area contributed by atoms with E-state index in [2.05, 4.69) is 25.3 Å². The van der Waals surface area contributed by atoms with Crippen LogP contribution in [0, 0.1) is 44.0 Å². The van der Waals surface area contributed by atoms with Crippen LogP contribution in [0.5, 0.6) is 0 Å². The van der Waals surface area contributed by atoms with Gasteiger partial charge in [0.1, 0.15) is 0 Å². The van der Waals surface area contributed by atoms with Gasteiger partial charge < -0.3 is 25.3 Å². The number of hydrogen-bond acceptors (Lipinski definition) is 6. The van der Waals surface area contributed by atoms with Crippen LogP contribution in [0.3, 0.4) is 0 Å². The van der Waals surface area contributed by atoms with E-state index in [1.807, 2.05) is 0 Å². The standard InChI is InChI=1S/2C2H3N.2CHNS.Co/c2*1-2-3;2*2-1-3;/h2*1H3;2*3H;/q;;;;+2/p-2. The maximum atomic E-state index is 7.32. The Labute approximate surface area is 99.8 Å². The minimum Gasteiger partial charge on any atom is -0.696 e. The van der Waals surface area contributed by atoms with Gasteiger partial charge in [0, 0.05) is 13.8 Å². The van der Waals surface area contributed by atoms with E-state index in [9.17, 15) is 0 Å². The second kappa shape index (κ2) is 127. The number of rotatable bonds is 0. The van der Waals surface area contributed by atoms with Crippen LogP contribution in [0.2, 0.25) is 0 Å². The van der Waals surface area contributed by atoms with Gasteiger partial charge in [-0.1, -0.05) is 10.8 Å². The van der Waals surface area contributed by atoms with Crippen molar-refractivity contribution in [2.75, 3.05) is 0 Å². The summed E-state index contributed by atoms with van der Waals surface area (Å²) < 4.78 is 0. The SMILES string of the molecule is CC#N.CC#N.N#C[S-].N#C[S-].[Co+2]. The van der Waals surface area contributed by atoms with E-state index >= 15 is 0 Å². The fourth-order valence-corrected chi connectivity index (χ4v) is 0. The molecule has 0 aromatic heterocycles. The van der Waals surface area contributed by atoms with Crippen molar-refractivity contribution < 1.29 is 16.8 Å². The fourth-order valence-electron chi connectivity index (χ4n) is 0. The van der Waals surface area contributed by atoms with Gasteiger partial charge in [-0.15, -0.1) is 0 Å². The predicted octanol–water partition coefficient (Wildman–Crippen LogP) is 1.09. The van der Waals surface area contributed by atoms with E-state index in [0.717, 1.165) is 0 Å². The second-order valence-electron chi connectivity index (χ2n) is 0.630. The van der Waals surface area contributed by atoms with Gasteiger partial charge in [-0.3, -0.25) is 0 Å². The van der Waals surface area contributed by atoms with E-state index < -0.39 is 0 Å². The monoisotopic (exact) mass is 257 g/mol. The summed E-state index contributed by atoms with van der Waals surface area (Å²) in [7, 11) is 0. The zero-order valence-corrected chi connectivity index (χ0v) is 9.61. The summed E-state index contributed by atoms with van der Waals surface area (Å²) in [5, 5.41) is 31.6. The zero-order valence-electron chi connectivity index (χ0n) is 6.94. The largest absolute Gasteiger partial charge is 2.00 e. The predicted molar refractivity (Wildman–Crippen MR) is 48.5 cm³/mol. The molecule has 0 aromatic carbocycles. The Morgan fingerprint density at radius 3 is 0.769 bits per heavy atom. The maximum absolute atomic E-state index is 7.32. The van der Waals surface area contributed by atoms with E-state index in [4.69, 9.17) is 21.0 Å². The minimum absolute atomic E-state index is 0. The van der Waals surface area contributed by atoms with Crippen molar-refractivity contribution in [1.82, 2.24) is 0 Å². The first-order chi connectivity index (χ1) is 5.66. The normalized spacial score (nSPS) is 2.31. The minimum atomic E-state index is 0. The number of hydrogen-bond donors (Lipinski definition) is 0. The molecule has 4 nitrogen and oxygen atoms in total. The quantitative estimate of drug-likeness (QED) is 0.476. The molecular weight excluding hydrogens is 251 g/mol. The number of thiocyanates is 2. The van der Waals surface area contributed by atoms with Crippen molar-refractivity contribution in [3.63, 3.8) is 0 Å². The third-order valence-electron chi connectivity index (χ3n) is 0. The van der Waals surface area contributed by atoms with Crippen LogP contribution < -0.4 is 0 Å². The molecule has 0 fully saturated rings. The number of nitriles is 4. The first kappa shape index (κ1) is 29.7.